The second-order valence-corrected chi connectivity index (χ2v) is 4.85. The first kappa shape index (κ1) is 12.5. The molecule has 0 N–H and O–H groups in total. The molecule has 2 rings (SSSR count). The molecule has 0 amide bonds. The molecule has 92 valence electrons. The van der Waals surface area contributed by atoms with Crippen molar-refractivity contribution < 1.29 is 9.59 Å². The quantitative estimate of drug-likeness (QED) is 0.763. The first-order valence-corrected chi connectivity index (χ1v) is 6.08. The minimum Gasteiger partial charge on any atom is -0.295 e. The third-order valence-corrected chi connectivity index (χ3v) is 3.06. The molecule has 0 aromatic heterocycles. The molecule has 0 bridgehead atoms. The summed E-state index contributed by atoms with van der Waals surface area (Å²) in [6, 6.07) is 11.2. The monoisotopic (exact) mass is 240 g/mol. The number of Topliss-reactive ketones (excluding diaryl/α,β-unsaturated/α-hetero) is 2. The Hall–Kier alpha value is -1.96. The van der Waals surface area contributed by atoms with Crippen LogP contribution in [0.25, 0.3) is 10.8 Å². The van der Waals surface area contributed by atoms with Crippen LogP contribution in [0.1, 0.15) is 41.5 Å². The van der Waals surface area contributed by atoms with Gasteiger partial charge in [-0.1, -0.05) is 38.1 Å². The summed E-state index contributed by atoms with van der Waals surface area (Å²) in [7, 11) is 0. The van der Waals surface area contributed by atoms with Gasteiger partial charge in [0, 0.05) is 17.0 Å². The van der Waals surface area contributed by atoms with Crippen LogP contribution < -0.4 is 0 Å². The topological polar surface area (TPSA) is 34.1 Å². The van der Waals surface area contributed by atoms with E-state index in [1.54, 1.807) is 13.0 Å². The summed E-state index contributed by atoms with van der Waals surface area (Å²) in [5.74, 6) is 0.200. The summed E-state index contributed by atoms with van der Waals surface area (Å²) in [4.78, 5) is 23.2. The lowest BCUT2D eigenvalue weighted by molar-refractivity contribution is 0.0938. The molecule has 2 nitrogen and oxygen atoms in total. The van der Waals surface area contributed by atoms with E-state index in [0.29, 0.717) is 5.56 Å². The van der Waals surface area contributed by atoms with E-state index in [9.17, 15) is 9.59 Å². The number of hydrogen-bond donors (Lipinski definition) is 0. The minimum atomic E-state index is -0.000979. The van der Waals surface area contributed by atoms with Gasteiger partial charge in [0.25, 0.3) is 0 Å². The van der Waals surface area contributed by atoms with E-state index < -0.39 is 0 Å². The molecule has 2 aromatic carbocycles. The van der Waals surface area contributed by atoms with E-state index in [1.165, 1.54) is 0 Å². The third-order valence-electron chi connectivity index (χ3n) is 3.06. The lowest BCUT2D eigenvalue weighted by Gasteiger charge is -2.06. The zero-order valence-corrected chi connectivity index (χ0v) is 10.9. The van der Waals surface area contributed by atoms with Gasteiger partial charge in [0.05, 0.1) is 0 Å². The molecule has 0 radical (unpaired) electrons. The fraction of sp³-hybridized carbons (Fsp3) is 0.250. The average Bonchev–Trinajstić information content (AvgIpc) is 2.36. The molecule has 0 atom stereocenters. The molecule has 18 heavy (non-hydrogen) atoms. The second-order valence-electron chi connectivity index (χ2n) is 4.85. The van der Waals surface area contributed by atoms with Gasteiger partial charge in [-0.05, 0) is 29.8 Å². The minimum absolute atomic E-state index is 0.000979. The summed E-state index contributed by atoms with van der Waals surface area (Å²) in [5.41, 5.74) is 1.43. The summed E-state index contributed by atoms with van der Waals surface area (Å²) in [6.45, 7) is 5.34. The van der Waals surface area contributed by atoms with E-state index in [-0.39, 0.29) is 17.5 Å². The van der Waals surface area contributed by atoms with Gasteiger partial charge in [0.1, 0.15) is 0 Å². The number of rotatable bonds is 3. The van der Waals surface area contributed by atoms with Crippen LogP contribution in [0.15, 0.2) is 36.4 Å². The van der Waals surface area contributed by atoms with Crippen molar-refractivity contribution >= 4 is 22.3 Å². The van der Waals surface area contributed by atoms with E-state index in [1.807, 2.05) is 44.2 Å². The largest absolute Gasteiger partial charge is 0.295 e. The SMILES string of the molecule is CC(=O)c1ccc2cc(C(=O)C(C)C)ccc2c1. The highest BCUT2D eigenvalue weighted by Gasteiger charge is 2.11. The summed E-state index contributed by atoms with van der Waals surface area (Å²) in [5, 5.41) is 1.98. The van der Waals surface area contributed by atoms with Gasteiger partial charge in [-0.3, -0.25) is 9.59 Å². The lowest BCUT2D eigenvalue weighted by atomic mass is 9.97. The summed E-state index contributed by atoms with van der Waals surface area (Å²) < 4.78 is 0. The number of fused-ring (bicyclic) bond motifs is 1. The maximum atomic E-state index is 11.9. The van der Waals surface area contributed by atoms with Gasteiger partial charge >= 0.3 is 0 Å². The fourth-order valence-corrected chi connectivity index (χ4v) is 1.95. The predicted molar refractivity (Wildman–Crippen MR) is 73.1 cm³/mol. The highest BCUT2D eigenvalue weighted by Crippen LogP contribution is 2.20. The van der Waals surface area contributed by atoms with Gasteiger partial charge in [-0.25, -0.2) is 0 Å². The molecule has 2 heteroatoms. The van der Waals surface area contributed by atoms with Crippen molar-refractivity contribution in [3.8, 4) is 0 Å². The third kappa shape index (κ3) is 2.33. The number of ketones is 2. The van der Waals surface area contributed by atoms with Gasteiger partial charge < -0.3 is 0 Å². The van der Waals surface area contributed by atoms with Crippen molar-refractivity contribution in [1.29, 1.82) is 0 Å². The smallest absolute Gasteiger partial charge is 0.165 e. The van der Waals surface area contributed by atoms with Crippen LogP contribution in [-0.4, -0.2) is 11.6 Å². The Bertz CT molecular complexity index is 624. The maximum absolute atomic E-state index is 11.9. The first-order valence-electron chi connectivity index (χ1n) is 6.08. The Balaban J connectivity index is 2.51. The van der Waals surface area contributed by atoms with E-state index in [2.05, 4.69) is 0 Å². The lowest BCUT2D eigenvalue weighted by Crippen LogP contribution is -2.07. The zero-order valence-electron chi connectivity index (χ0n) is 10.9. The van der Waals surface area contributed by atoms with Crippen molar-refractivity contribution in [2.75, 3.05) is 0 Å². The molecular formula is C16H16O2. The van der Waals surface area contributed by atoms with Crippen LogP contribution in [0, 0.1) is 5.92 Å². The fourth-order valence-electron chi connectivity index (χ4n) is 1.95. The Labute approximate surface area is 107 Å². The number of carbonyl (C=O) groups is 2. The van der Waals surface area contributed by atoms with Gasteiger partial charge in [0.15, 0.2) is 11.6 Å². The zero-order chi connectivity index (χ0) is 13.3. The van der Waals surface area contributed by atoms with Gasteiger partial charge in [-0.15, -0.1) is 0 Å². The Kier molecular flexibility index (Phi) is 3.28. The second kappa shape index (κ2) is 4.73. The molecule has 0 aliphatic rings. The highest BCUT2D eigenvalue weighted by atomic mass is 16.1. The van der Waals surface area contributed by atoms with Crippen molar-refractivity contribution in [2.24, 2.45) is 5.92 Å². The molecule has 0 saturated heterocycles. The van der Waals surface area contributed by atoms with Crippen molar-refractivity contribution in [3.05, 3.63) is 47.5 Å². The number of hydrogen-bond acceptors (Lipinski definition) is 2. The van der Waals surface area contributed by atoms with Crippen LogP contribution in [0.2, 0.25) is 0 Å². The van der Waals surface area contributed by atoms with Gasteiger partial charge in [0.2, 0.25) is 0 Å². The summed E-state index contributed by atoms with van der Waals surface area (Å²) >= 11 is 0. The maximum Gasteiger partial charge on any atom is 0.165 e. The molecule has 0 unspecified atom stereocenters. The van der Waals surface area contributed by atoms with Crippen molar-refractivity contribution in [2.45, 2.75) is 20.8 Å². The number of carbonyl (C=O) groups excluding carboxylic acids is 2. The molecule has 0 saturated carbocycles. The van der Waals surface area contributed by atoms with Crippen LogP contribution >= 0.6 is 0 Å². The molecular weight excluding hydrogens is 224 g/mol. The van der Waals surface area contributed by atoms with E-state index >= 15 is 0 Å². The molecule has 0 aliphatic heterocycles. The molecule has 0 spiro atoms. The van der Waals surface area contributed by atoms with E-state index in [0.717, 1.165) is 16.3 Å². The molecule has 0 fully saturated rings. The summed E-state index contributed by atoms with van der Waals surface area (Å²) in [6.07, 6.45) is 0. The first-order chi connectivity index (χ1) is 8.49. The van der Waals surface area contributed by atoms with Crippen molar-refractivity contribution in [1.82, 2.24) is 0 Å². The van der Waals surface area contributed by atoms with Crippen LogP contribution in [0.4, 0.5) is 0 Å². The molecule has 0 heterocycles. The Morgan fingerprint density at radius 1 is 0.889 bits per heavy atom. The van der Waals surface area contributed by atoms with Crippen molar-refractivity contribution in [3.63, 3.8) is 0 Å². The standard InChI is InChI=1S/C16H16O2/c1-10(2)16(18)15-7-6-13-8-12(11(3)17)4-5-14(13)9-15/h4-10H,1-3H3. The normalized spacial score (nSPS) is 10.9. The number of benzene rings is 2. The van der Waals surface area contributed by atoms with E-state index in [4.69, 9.17) is 0 Å². The Morgan fingerprint density at radius 3 is 1.89 bits per heavy atom. The molecule has 2 aromatic rings. The molecule has 0 aliphatic carbocycles. The average molecular weight is 240 g/mol. The van der Waals surface area contributed by atoms with Gasteiger partial charge in [-0.2, -0.15) is 0 Å². The predicted octanol–water partition coefficient (Wildman–Crippen LogP) is 3.88. The highest BCUT2D eigenvalue weighted by molar-refractivity contribution is 6.03. The van der Waals surface area contributed by atoms with Crippen LogP contribution in [0.5, 0.6) is 0 Å². The van der Waals surface area contributed by atoms with Crippen LogP contribution in [-0.2, 0) is 0 Å². The Morgan fingerprint density at radius 2 is 1.39 bits per heavy atom. The van der Waals surface area contributed by atoms with Crippen LogP contribution in [0.3, 0.4) is 0 Å².